The molecule has 3 nitrogen and oxygen atoms in total. The molecule has 0 spiro atoms. The number of halogens is 2. The van der Waals surface area contributed by atoms with Gasteiger partial charge in [-0.15, -0.1) is 0 Å². The van der Waals surface area contributed by atoms with Crippen molar-refractivity contribution in [1.29, 1.82) is 0 Å². The molecule has 0 unspecified atom stereocenters. The summed E-state index contributed by atoms with van der Waals surface area (Å²) in [6, 6.07) is 5.82. The Morgan fingerprint density at radius 3 is 2.78 bits per heavy atom. The highest BCUT2D eigenvalue weighted by atomic mass is 79.9. The maximum atomic E-state index is 6.11. The number of aromatic nitrogens is 2. The topological polar surface area (TPSA) is 37.8 Å². The fourth-order valence-corrected chi connectivity index (χ4v) is 2.11. The number of benzene rings is 1. The molecule has 0 atom stereocenters. The third-order valence-corrected chi connectivity index (χ3v) is 3.33. The molecule has 1 aromatic carbocycles. The molecule has 0 amide bonds. The summed E-state index contributed by atoms with van der Waals surface area (Å²) in [4.78, 5) is 8.48. The summed E-state index contributed by atoms with van der Waals surface area (Å²) >= 11 is 9.54. The van der Waals surface area contributed by atoms with E-state index in [1.54, 1.807) is 12.4 Å². The average molecular weight is 327 g/mol. The van der Waals surface area contributed by atoms with Crippen LogP contribution in [0.3, 0.4) is 0 Å². The molecule has 94 valence electrons. The molecule has 0 aliphatic heterocycles. The molecule has 1 N–H and O–H groups in total. The Balaban J connectivity index is 1.92. The van der Waals surface area contributed by atoms with Gasteiger partial charge in [0.25, 0.3) is 0 Å². The van der Waals surface area contributed by atoms with E-state index in [9.17, 15) is 0 Å². The van der Waals surface area contributed by atoms with E-state index < -0.39 is 0 Å². The number of hydrogen-bond donors (Lipinski definition) is 1. The van der Waals surface area contributed by atoms with Crippen LogP contribution in [0.2, 0.25) is 5.02 Å². The van der Waals surface area contributed by atoms with Gasteiger partial charge in [0.05, 0.1) is 11.4 Å². The second-order valence-electron chi connectivity index (χ2n) is 3.99. The molecule has 0 saturated heterocycles. The third-order valence-electron chi connectivity index (χ3n) is 2.46. The van der Waals surface area contributed by atoms with Gasteiger partial charge in [0.15, 0.2) is 0 Å². The fourth-order valence-electron chi connectivity index (χ4n) is 1.51. The van der Waals surface area contributed by atoms with Gasteiger partial charge < -0.3 is 5.32 Å². The Labute approximate surface area is 120 Å². The van der Waals surface area contributed by atoms with Crippen LogP contribution in [0.25, 0.3) is 0 Å². The number of hydrogen-bond acceptors (Lipinski definition) is 3. The first-order valence-corrected chi connectivity index (χ1v) is 6.74. The van der Waals surface area contributed by atoms with Crippen molar-refractivity contribution in [2.45, 2.75) is 20.0 Å². The van der Waals surface area contributed by atoms with E-state index in [-0.39, 0.29) is 0 Å². The molecule has 0 radical (unpaired) electrons. The summed E-state index contributed by atoms with van der Waals surface area (Å²) in [6.07, 6.45) is 3.55. The minimum atomic E-state index is 0.677. The molecule has 0 aliphatic rings. The Kier molecular flexibility index (Phi) is 4.69. The molecule has 18 heavy (non-hydrogen) atoms. The molecular weight excluding hydrogens is 314 g/mol. The Morgan fingerprint density at radius 1 is 1.22 bits per heavy atom. The van der Waals surface area contributed by atoms with E-state index in [0.29, 0.717) is 13.1 Å². The van der Waals surface area contributed by atoms with Crippen molar-refractivity contribution in [2.24, 2.45) is 0 Å². The molecule has 1 aromatic heterocycles. The summed E-state index contributed by atoms with van der Waals surface area (Å²) in [5, 5.41) is 4.06. The van der Waals surface area contributed by atoms with Crippen LogP contribution in [-0.4, -0.2) is 9.97 Å². The standard InChI is InChI=1S/C13H13BrClN3/c1-9-5-18-12(8-17-9)7-16-6-10-4-11(14)2-3-13(10)15/h2-5,8,16H,6-7H2,1H3. The lowest BCUT2D eigenvalue weighted by molar-refractivity contribution is 0.676. The van der Waals surface area contributed by atoms with Crippen molar-refractivity contribution in [2.75, 3.05) is 0 Å². The van der Waals surface area contributed by atoms with Gasteiger partial charge in [0.1, 0.15) is 0 Å². The summed E-state index contributed by atoms with van der Waals surface area (Å²) in [6.45, 7) is 3.30. The van der Waals surface area contributed by atoms with Crippen LogP contribution < -0.4 is 5.32 Å². The molecule has 0 saturated carbocycles. The molecular formula is C13H13BrClN3. The van der Waals surface area contributed by atoms with Gasteiger partial charge in [-0.25, -0.2) is 0 Å². The lowest BCUT2D eigenvalue weighted by Gasteiger charge is -2.07. The van der Waals surface area contributed by atoms with Gasteiger partial charge in [0, 0.05) is 35.0 Å². The van der Waals surface area contributed by atoms with Gasteiger partial charge in [0.2, 0.25) is 0 Å². The Bertz CT molecular complexity index is 528. The first-order chi connectivity index (χ1) is 8.65. The molecule has 1 heterocycles. The smallest absolute Gasteiger partial charge is 0.0724 e. The maximum absolute atomic E-state index is 6.11. The summed E-state index contributed by atoms with van der Waals surface area (Å²) < 4.78 is 1.03. The van der Waals surface area contributed by atoms with Crippen LogP contribution in [0, 0.1) is 6.92 Å². The first kappa shape index (κ1) is 13.5. The number of rotatable bonds is 4. The fraction of sp³-hybridized carbons (Fsp3) is 0.231. The second-order valence-corrected chi connectivity index (χ2v) is 5.31. The predicted molar refractivity (Wildman–Crippen MR) is 76.5 cm³/mol. The van der Waals surface area contributed by atoms with E-state index in [1.807, 2.05) is 25.1 Å². The maximum Gasteiger partial charge on any atom is 0.0724 e. The zero-order valence-electron chi connectivity index (χ0n) is 9.95. The van der Waals surface area contributed by atoms with Crippen LogP contribution >= 0.6 is 27.5 Å². The Hall–Kier alpha value is -0.970. The van der Waals surface area contributed by atoms with Crippen LogP contribution in [0.15, 0.2) is 35.1 Å². The zero-order chi connectivity index (χ0) is 13.0. The summed E-state index contributed by atoms with van der Waals surface area (Å²) in [5.74, 6) is 0. The van der Waals surface area contributed by atoms with Gasteiger partial charge in [-0.3, -0.25) is 9.97 Å². The van der Waals surface area contributed by atoms with Gasteiger partial charge >= 0.3 is 0 Å². The first-order valence-electron chi connectivity index (χ1n) is 5.57. The van der Waals surface area contributed by atoms with Gasteiger partial charge in [-0.05, 0) is 30.7 Å². The molecule has 0 aliphatic carbocycles. The summed E-state index contributed by atoms with van der Waals surface area (Å²) in [5.41, 5.74) is 2.91. The van der Waals surface area contributed by atoms with E-state index in [1.165, 1.54) is 0 Å². The lowest BCUT2D eigenvalue weighted by atomic mass is 10.2. The number of aryl methyl sites for hydroxylation is 1. The van der Waals surface area contributed by atoms with Crippen LogP contribution in [0.5, 0.6) is 0 Å². The van der Waals surface area contributed by atoms with Crippen LogP contribution in [-0.2, 0) is 13.1 Å². The molecule has 2 aromatic rings. The third kappa shape index (κ3) is 3.77. The van der Waals surface area contributed by atoms with E-state index in [0.717, 1.165) is 26.4 Å². The molecule has 5 heteroatoms. The largest absolute Gasteiger partial charge is 0.307 e. The SMILES string of the molecule is Cc1cnc(CNCc2cc(Br)ccc2Cl)cn1. The molecule has 0 bridgehead atoms. The highest BCUT2D eigenvalue weighted by Crippen LogP contribution is 2.20. The van der Waals surface area contributed by atoms with E-state index >= 15 is 0 Å². The lowest BCUT2D eigenvalue weighted by Crippen LogP contribution is -2.14. The number of nitrogens with one attached hydrogen (secondary N) is 1. The predicted octanol–water partition coefficient (Wildman–Crippen LogP) is 3.49. The van der Waals surface area contributed by atoms with E-state index in [4.69, 9.17) is 11.6 Å². The van der Waals surface area contributed by atoms with Crippen molar-refractivity contribution >= 4 is 27.5 Å². The molecule has 2 rings (SSSR count). The van der Waals surface area contributed by atoms with Crippen LogP contribution in [0.1, 0.15) is 17.0 Å². The van der Waals surface area contributed by atoms with Crippen molar-refractivity contribution in [3.8, 4) is 0 Å². The second kappa shape index (κ2) is 6.27. The highest BCUT2D eigenvalue weighted by Gasteiger charge is 2.01. The minimum Gasteiger partial charge on any atom is -0.307 e. The Morgan fingerprint density at radius 2 is 2.06 bits per heavy atom. The van der Waals surface area contributed by atoms with Crippen molar-refractivity contribution in [1.82, 2.24) is 15.3 Å². The molecule has 0 fully saturated rings. The van der Waals surface area contributed by atoms with Crippen LogP contribution in [0.4, 0.5) is 0 Å². The minimum absolute atomic E-state index is 0.677. The number of nitrogens with zero attached hydrogens (tertiary/aromatic N) is 2. The van der Waals surface area contributed by atoms with E-state index in [2.05, 4.69) is 31.2 Å². The van der Waals surface area contributed by atoms with Crippen molar-refractivity contribution in [3.63, 3.8) is 0 Å². The van der Waals surface area contributed by atoms with Crippen molar-refractivity contribution < 1.29 is 0 Å². The van der Waals surface area contributed by atoms with Gasteiger partial charge in [-0.1, -0.05) is 27.5 Å². The van der Waals surface area contributed by atoms with Gasteiger partial charge in [-0.2, -0.15) is 0 Å². The normalized spacial score (nSPS) is 10.6. The average Bonchev–Trinajstić information content (AvgIpc) is 2.36. The van der Waals surface area contributed by atoms with Crippen molar-refractivity contribution in [3.05, 3.63) is 57.0 Å². The summed E-state index contributed by atoms with van der Waals surface area (Å²) in [7, 11) is 0. The zero-order valence-corrected chi connectivity index (χ0v) is 12.3. The quantitative estimate of drug-likeness (QED) is 0.934. The highest BCUT2D eigenvalue weighted by molar-refractivity contribution is 9.10. The monoisotopic (exact) mass is 325 g/mol.